The zero-order valence-corrected chi connectivity index (χ0v) is 9.21. The average molecular weight is 264 g/mol. The lowest BCUT2D eigenvalue weighted by molar-refractivity contribution is 0.180. The van der Waals surface area contributed by atoms with Crippen molar-refractivity contribution in [2.75, 3.05) is 13.7 Å². The van der Waals surface area contributed by atoms with Crippen LogP contribution < -0.4 is 10.5 Å². The van der Waals surface area contributed by atoms with Gasteiger partial charge in [-0.3, -0.25) is 0 Å². The van der Waals surface area contributed by atoms with Crippen LogP contribution in [0.15, 0.2) is 16.6 Å². The molecule has 0 aliphatic rings. The van der Waals surface area contributed by atoms with E-state index in [2.05, 4.69) is 15.9 Å². The van der Waals surface area contributed by atoms with Crippen molar-refractivity contribution >= 4 is 15.9 Å². The number of halogens is 2. The lowest BCUT2D eigenvalue weighted by Crippen LogP contribution is -2.13. The molecular weight excluding hydrogens is 253 g/mol. The zero-order chi connectivity index (χ0) is 10.7. The molecule has 0 saturated carbocycles. The third kappa shape index (κ3) is 2.05. The van der Waals surface area contributed by atoms with Crippen molar-refractivity contribution in [1.29, 1.82) is 0 Å². The summed E-state index contributed by atoms with van der Waals surface area (Å²) in [5.74, 6) is -0.490. The second kappa shape index (κ2) is 4.72. The minimum atomic E-state index is -0.935. The molecule has 0 fully saturated rings. The molecule has 0 bridgehead atoms. The smallest absolute Gasteiger partial charge is 0.165 e. The molecule has 0 aliphatic carbocycles. The SMILES string of the molecule is COc1c(F)ccc(Br)c1C(O)CN. The topological polar surface area (TPSA) is 55.5 Å². The van der Waals surface area contributed by atoms with Crippen molar-refractivity contribution in [2.24, 2.45) is 5.73 Å². The van der Waals surface area contributed by atoms with E-state index in [0.29, 0.717) is 10.0 Å². The highest BCUT2D eigenvalue weighted by Crippen LogP contribution is 2.34. The zero-order valence-electron chi connectivity index (χ0n) is 7.63. The van der Waals surface area contributed by atoms with Crippen molar-refractivity contribution in [3.63, 3.8) is 0 Å². The Balaban J connectivity index is 3.29. The van der Waals surface area contributed by atoms with Gasteiger partial charge in [0.25, 0.3) is 0 Å². The van der Waals surface area contributed by atoms with Gasteiger partial charge in [-0.25, -0.2) is 4.39 Å². The largest absolute Gasteiger partial charge is 0.493 e. The minimum absolute atomic E-state index is 0.0123. The van der Waals surface area contributed by atoms with E-state index in [1.807, 2.05) is 0 Å². The fourth-order valence-corrected chi connectivity index (χ4v) is 1.76. The van der Waals surface area contributed by atoms with Crippen molar-refractivity contribution in [1.82, 2.24) is 0 Å². The molecule has 78 valence electrons. The molecule has 1 aromatic rings. The summed E-state index contributed by atoms with van der Waals surface area (Å²) in [6.45, 7) is 0.0123. The van der Waals surface area contributed by atoms with Crippen LogP contribution in [-0.2, 0) is 0 Å². The molecule has 0 saturated heterocycles. The van der Waals surface area contributed by atoms with Crippen molar-refractivity contribution < 1.29 is 14.2 Å². The number of ether oxygens (including phenoxy) is 1. The first-order valence-electron chi connectivity index (χ1n) is 4.01. The quantitative estimate of drug-likeness (QED) is 0.871. The molecule has 5 heteroatoms. The van der Waals surface area contributed by atoms with E-state index in [-0.39, 0.29) is 12.3 Å². The molecule has 1 atom stereocenters. The van der Waals surface area contributed by atoms with E-state index in [9.17, 15) is 9.50 Å². The third-order valence-electron chi connectivity index (χ3n) is 1.86. The van der Waals surface area contributed by atoms with E-state index in [1.54, 1.807) is 0 Å². The maximum atomic E-state index is 13.2. The van der Waals surface area contributed by atoms with E-state index < -0.39 is 11.9 Å². The summed E-state index contributed by atoms with van der Waals surface area (Å²) >= 11 is 3.20. The van der Waals surface area contributed by atoms with E-state index in [0.717, 1.165) is 0 Å². The van der Waals surface area contributed by atoms with Gasteiger partial charge in [0.05, 0.1) is 13.2 Å². The van der Waals surface area contributed by atoms with Crippen LogP contribution in [0.5, 0.6) is 5.75 Å². The number of hydrogen-bond donors (Lipinski definition) is 2. The first-order valence-corrected chi connectivity index (χ1v) is 4.81. The number of hydrogen-bond acceptors (Lipinski definition) is 3. The Labute approximate surface area is 89.8 Å². The summed E-state index contributed by atoms with van der Waals surface area (Å²) in [7, 11) is 1.34. The highest BCUT2D eigenvalue weighted by Gasteiger charge is 2.18. The Bertz CT molecular complexity index is 333. The van der Waals surface area contributed by atoms with Crippen LogP contribution in [0.1, 0.15) is 11.7 Å². The van der Waals surface area contributed by atoms with E-state index >= 15 is 0 Å². The Morgan fingerprint density at radius 2 is 2.29 bits per heavy atom. The van der Waals surface area contributed by atoms with Gasteiger partial charge in [0.1, 0.15) is 0 Å². The monoisotopic (exact) mass is 263 g/mol. The van der Waals surface area contributed by atoms with E-state index in [1.165, 1.54) is 19.2 Å². The van der Waals surface area contributed by atoms with Crippen LogP contribution in [0.3, 0.4) is 0 Å². The summed E-state index contributed by atoms with van der Waals surface area (Å²) in [4.78, 5) is 0. The summed E-state index contributed by atoms with van der Waals surface area (Å²) in [6.07, 6.45) is -0.935. The minimum Gasteiger partial charge on any atom is -0.493 e. The number of benzene rings is 1. The maximum absolute atomic E-state index is 13.2. The Morgan fingerprint density at radius 3 is 2.79 bits per heavy atom. The maximum Gasteiger partial charge on any atom is 0.165 e. The van der Waals surface area contributed by atoms with Gasteiger partial charge < -0.3 is 15.6 Å². The van der Waals surface area contributed by atoms with Gasteiger partial charge in [-0.15, -0.1) is 0 Å². The summed E-state index contributed by atoms with van der Waals surface area (Å²) < 4.78 is 18.7. The van der Waals surface area contributed by atoms with Gasteiger partial charge in [-0.05, 0) is 12.1 Å². The first kappa shape index (κ1) is 11.4. The number of rotatable bonds is 3. The molecule has 0 aromatic heterocycles. The molecule has 14 heavy (non-hydrogen) atoms. The van der Waals surface area contributed by atoms with Crippen molar-refractivity contribution in [3.05, 3.63) is 28.0 Å². The number of aliphatic hydroxyl groups is 1. The molecule has 0 aliphatic heterocycles. The van der Waals surface area contributed by atoms with Crippen molar-refractivity contribution in [2.45, 2.75) is 6.10 Å². The fourth-order valence-electron chi connectivity index (χ4n) is 1.18. The second-order valence-corrected chi connectivity index (χ2v) is 3.58. The van der Waals surface area contributed by atoms with Crippen LogP contribution in [-0.4, -0.2) is 18.8 Å². The lowest BCUT2D eigenvalue weighted by Gasteiger charge is -2.15. The van der Waals surface area contributed by atoms with Crippen LogP contribution in [0.2, 0.25) is 0 Å². The predicted octanol–water partition coefficient (Wildman–Crippen LogP) is 1.59. The first-order chi connectivity index (χ1) is 6.61. The highest BCUT2D eigenvalue weighted by molar-refractivity contribution is 9.10. The lowest BCUT2D eigenvalue weighted by atomic mass is 10.1. The summed E-state index contributed by atoms with van der Waals surface area (Å²) in [6, 6.07) is 2.77. The molecule has 0 radical (unpaired) electrons. The normalized spacial score (nSPS) is 12.6. The average Bonchev–Trinajstić information content (AvgIpc) is 2.19. The molecule has 0 heterocycles. The van der Waals surface area contributed by atoms with Crippen LogP contribution in [0.25, 0.3) is 0 Å². The Kier molecular flexibility index (Phi) is 3.86. The Hall–Kier alpha value is -0.650. The predicted molar refractivity (Wildman–Crippen MR) is 54.7 cm³/mol. The molecule has 3 nitrogen and oxygen atoms in total. The summed E-state index contributed by atoms with van der Waals surface area (Å²) in [5, 5.41) is 9.54. The molecule has 1 aromatic carbocycles. The van der Waals surface area contributed by atoms with Gasteiger partial charge in [-0.1, -0.05) is 15.9 Å². The van der Waals surface area contributed by atoms with Gasteiger partial charge >= 0.3 is 0 Å². The van der Waals surface area contributed by atoms with Gasteiger partial charge in [0.2, 0.25) is 0 Å². The van der Waals surface area contributed by atoms with Crippen LogP contribution >= 0.6 is 15.9 Å². The third-order valence-corrected chi connectivity index (χ3v) is 2.55. The van der Waals surface area contributed by atoms with Crippen LogP contribution in [0.4, 0.5) is 4.39 Å². The van der Waals surface area contributed by atoms with E-state index in [4.69, 9.17) is 10.5 Å². The summed E-state index contributed by atoms with van der Waals surface area (Å²) in [5.41, 5.74) is 5.64. The molecule has 0 spiro atoms. The van der Waals surface area contributed by atoms with Crippen molar-refractivity contribution in [3.8, 4) is 5.75 Å². The molecule has 1 unspecified atom stereocenters. The second-order valence-electron chi connectivity index (χ2n) is 2.73. The number of aliphatic hydroxyl groups excluding tert-OH is 1. The standard InChI is InChI=1S/C9H11BrFNO2/c1-14-9-6(11)3-2-5(10)8(9)7(13)4-12/h2-3,7,13H,4,12H2,1H3. The highest BCUT2D eigenvalue weighted by atomic mass is 79.9. The van der Waals surface area contributed by atoms with Gasteiger partial charge in [0.15, 0.2) is 11.6 Å². The fraction of sp³-hybridized carbons (Fsp3) is 0.333. The molecule has 0 amide bonds. The van der Waals surface area contributed by atoms with Crippen LogP contribution in [0, 0.1) is 5.82 Å². The van der Waals surface area contributed by atoms with Gasteiger partial charge in [-0.2, -0.15) is 0 Å². The molecular formula is C9H11BrFNO2. The van der Waals surface area contributed by atoms with Gasteiger partial charge in [0, 0.05) is 16.6 Å². The molecule has 3 N–H and O–H groups in total. The number of nitrogens with two attached hydrogens (primary N) is 1. The number of methoxy groups -OCH3 is 1. The molecule has 1 rings (SSSR count). The Morgan fingerprint density at radius 1 is 1.64 bits per heavy atom.